The zero-order valence-electron chi connectivity index (χ0n) is 4.77. The lowest BCUT2D eigenvalue weighted by Gasteiger charge is -1.97. The summed E-state index contributed by atoms with van der Waals surface area (Å²) < 4.78 is 4.91. The van der Waals surface area contributed by atoms with E-state index in [0.29, 0.717) is 18.3 Å². The molecule has 0 spiro atoms. The van der Waals surface area contributed by atoms with Crippen LogP contribution in [0.2, 0.25) is 0 Å². The predicted molar refractivity (Wildman–Crippen MR) is 35.4 cm³/mol. The lowest BCUT2D eigenvalue weighted by molar-refractivity contribution is 0.371. The summed E-state index contributed by atoms with van der Waals surface area (Å²) in [7, 11) is 6.32. The third kappa shape index (κ3) is 4.07. The molecule has 0 aliphatic carbocycles. The predicted octanol–water partition coefficient (Wildman–Crippen LogP) is -0.327. The monoisotopic (exact) mass is 141 g/mol. The first-order valence-corrected chi connectivity index (χ1v) is 3.65. The van der Waals surface area contributed by atoms with Crippen LogP contribution in [0, 0.1) is 0 Å². The maximum Gasteiger partial charge on any atom is 0.179 e. The molecular weight excluding hydrogens is 134 g/mol. The van der Waals surface area contributed by atoms with Gasteiger partial charge in [0.1, 0.15) is 0 Å². The summed E-state index contributed by atoms with van der Waals surface area (Å²) in [6.07, 6.45) is 1.10. The van der Waals surface area contributed by atoms with Gasteiger partial charge in [0.25, 0.3) is 0 Å². The molecule has 4 heteroatoms. The average molecular weight is 141 g/mol. The van der Waals surface area contributed by atoms with E-state index in [1.165, 1.54) is 0 Å². The van der Waals surface area contributed by atoms with Crippen molar-refractivity contribution in [1.29, 1.82) is 0 Å². The van der Waals surface area contributed by atoms with Crippen molar-refractivity contribution in [3.05, 3.63) is 0 Å². The van der Waals surface area contributed by atoms with Crippen LogP contribution in [-0.2, 0) is 4.74 Å². The van der Waals surface area contributed by atoms with Gasteiger partial charge in [0.2, 0.25) is 0 Å². The first-order valence-electron chi connectivity index (χ1n) is 2.24. The van der Waals surface area contributed by atoms with Gasteiger partial charge in [0.05, 0.1) is 26.7 Å². The third-order valence-electron chi connectivity index (χ3n) is 0.583. The molecule has 0 saturated heterocycles. The van der Waals surface area contributed by atoms with Crippen LogP contribution < -0.4 is 0 Å². The van der Waals surface area contributed by atoms with Crippen LogP contribution in [0.3, 0.4) is 0 Å². The van der Waals surface area contributed by atoms with Gasteiger partial charge >= 0.3 is 0 Å². The molecule has 0 aromatic rings. The van der Waals surface area contributed by atoms with Crippen molar-refractivity contribution in [1.82, 2.24) is 0 Å². The number of hydrogen-bond acceptors (Lipinski definition) is 2. The van der Waals surface area contributed by atoms with Crippen molar-refractivity contribution >= 4 is 26.4 Å². The van der Waals surface area contributed by atoms with Crippen molar-refractivity contribution in [2.24, 2.45) is 4.99 Å². The Morgan fingerprint density at radius 2 is 2.25 bits per heavy atom. The first kappa shape index (κ1) is 7.90. The summed E-state index contributed by atoms with van der Waals surface area (Å²) in [6, 6.07) is 0. The van der Waals surface area contributed by atoms with E-state index >= 15 is 0 Å². The van der Waals surface area contributed by atoms with Crippen molar-refractivity contribution in [2.75, 3.05) is 12.4 Å². The molecule has 0 heterocycles. The van der Waals surface area contributed by atoms with Crippen LogP contribution in [0.25, 0.3) is 0 Å². The minimum absolute atomic E-state index is 0.502. The van der Waals surface area contributed by atoms with Crippen LogP contribution >= 0.6 is 0 Å². The number of nitrogens with zero attached hydrogens (tertiary/aromatic N) is 1. The van der Waals surface area contributed by atoms with E-state index < -0.39 is 0 Å². The second kappa shape index (κ2) is 5.05. The molecule has 0 amide bonds. The zero-order valence-corrected chi connectivity index (χ0v) is 6.77. The highest BCUT2D eigenvalue weighted by molar-refractivity contribution is 6.10. The highest BCUT2D eigenvalue weighted by atomic mass is 28.1. The number of aliphatic imine (C=N–C) groups is 1. The van der Waals surface area contributed by atoms with E-state index in [2.05, 4.69) is 25.5 Å². The maximum absolute atomic E-state index is 4.91. The van der Waals surface area contributed by atoms with Gasteiger partial charge in [0, 0.05) is 13.1 Å². The summed E-state index contributed by atoms with van der Waals surface area (Å²) in [4.78, 5) is 3.89. The van der Waals surface area contributed by atoms with Gasteiger partial charge in [-0.15, -0.1) is 0 Å². The third-order valence-corrected chi connectivity index (χ3v) is 0.885. The summed E-state index contributed by atoms with van der Waals surface area (Å²) in [5, 5.41) is 0. The minimum atomic E-state index is 0.502. The van der Waals surface area contributed by atoms with Crippen molar-refractivity contribution in [3.63, 3.8) is 0 Å². The highest BCUT2D eigenvalue weighted by Gasteiger charge is 1.82. The Morgan fingerprint density at radius 3 is 2.62 bits per heavy atom. The molecular formula is C4H7NOSi2. The fourth-order valence-corrected chi connectivity index (χ4v) is 0.693. The number of rotatable bonds is 2. The summed E-state index contributed by atoms with van der Waals surface area (Å²) >= 11 is 0. The van der Waals surface area contributed by atoms with Crippen LogP contribution in [0.4, 0.5) is 0 Å². The molecule has 0 aromatic heterocycles. The van der Waals surface area contributed by atoms with E-state index in [-0.39, 0.29) is 0 Å². The second-order valence-corrected chi connectivity index (χ2v) is 1.73. The van der Waals surface area contributed by atoms with Crippen LogP contribution in [0.1, 0.15) is 6.92 Å². The SMILES string of the molecule is C/C(=N/C[Si])OC[Si]. The molecule has 2 nitrogen and oxygen atoms in total. The Bertz CT molecular complexity index is 84.1. The van der Waals surface area contributed by atoms with Gasteiger partial charge < -0.3 is 4.74 Å². The van der Waals surface area contributed by atoms with Gasteiger partial charge in [-0.3, -0.25) is 4.99 Å². The molecule has 0 saturated carbocycles. The molecule has 0 aliphatic rings. The van der Waals surface area contributed by atoms with Crippen LogP contribution in [-0.4, -0.2) is 38.8 Å². The van der Waals surface area contributed by atoms with E-state index in [9.17, 15) is 0 Å². The Hall–Kier alpha value is -0.0962. The van der Waals surface area contributed by atoms with E-state index in [0.717, 1.165) is 0 Å². The smallest absolute Gasteiger partial charge is 0.179 e. The molecule has 0 N–H and O–H groups in total. The average Bonchev–Trinajstić information content (AvgIpc) is 1.68. The molecule has 6 radical (unpaired) electrons. The lowest BCUT2D eigenvalue weighted by atomic mass is 10.8. The maximum atomic E-state index is 4.91. The van der Waals surface area contributed by atoms with Gasteiger partial charge in [-0.25, -0.2) is 0 Å². The standard InChI is InChI=1S/C4H7NOSi2/c1-4(5-2-7)6-3-8/h2-3H2,1H3/b5-4-. The molecule has 42 valence electrons. The molecule has 0 rings (SSSR count). The van der Waals surface area contributed by atoms with Gasteiger partial charge in [-0.05, 0) is 0 Å². The fraction of sp³-hybridized carbons (Fsp3) is 0.750. The van der Waals surface area contributed by atoms with E-state index in [1.807, 2.05) is 0 Å². The zero-order chi connectivity index (χ0) is 6.41. The van der Waals surface area contributed by atoms with E-state index in [1.54, 1.807) is 6.92 Å². The molecule has 0 bridgehead atoms. The number of ether oxygens (including phenoxy) is 1. The largest absolute Gasteiger partial charge is 0.486 e. The first-order chi connectivity index (χ1) is 3.81. The van der Waals surface area contributed by atoms with Crippen LogP contribution in [0.15, 0.2) is 4.99 Å². The molecule has 8 heavy (non-hydrogen) atoms. The van der Waals surface area contributed by atoms with E-state index in [4.69, 9.17) is 4.74 Å². The Morgan fingerprint density at radius 1 is 1.62 bits per heavy atom. The van der Waals surface area contributed by atoms with Gasteiger partial charge in [-0.1, -0.05) is 0 Å². The molecule has 0 unspecified atom stereocenters. The lowest BCUT2D eigenvalue weighted by Crippen LogP contribution is -2.01. The van der Waals surface area contributed by atoms with Gasteiger partial charge in [0.15, 0.2) is 5.90 Å². The van der Waals surface area contributed by atoms with Gasteiger partial charge in [-0.2, -0.15) is 0 Å². The minimum Gasteiger partial charge on any atom is -0.486 e. The topological polar surface area (TPSA) is 21.6 Å². The van der Waals surface area contributed by atoms with Crippen LogP contribution in [0.5, 0.6) is 0 Å². The quantitative estimate of drug-likeness (QED) is 0.293. The Labute approximate surface area is 56.2 Å². The summed E-state index contributed by atoms with van der Waals surface area (Å²) in [6.45, 7) is 1.81. The van der Waals surface area contributed by atoms with Crippen molar-refractivity contribution in [3.8, 4) is 0 Å². The Kier molecular flexibility index (Phi) is 4.99. The van der Waals surface area contributed by atoms with Crippen molar-refractivity contribution < 1.29 is 4.74 Å². The molecule has 0 atom stereocenters. The Balaban J connectivity index is 3.29. The summed E-state index contributed by atoms with van der Waals surface area (Å²) in [5.74, 6) is 0.690. The molecule has 0 fully saturated rings. The molecule has 0 aliphatic heterocycles. The summed E-state index contributed by atoms with van der Waals surface area (Å²) in [5.41, 5.74) is 0. The second-order valence-electron chi connectivity index (χ2n) is 1.12. The fourth-order valence-electron chi connectivity index (χ4n) is 0.261. The normalized spacial score (nSPS) is 11.6. The van der Waals surface area contributed by atoms with Crippen molar-refractivity contribution in [2.45, 2.75) is 6.92 Å². The highest BCUT2D eigenvalue weighted by Crippen LogP contribution is 1.76. The number of hydrogen-bond donors (Lipinski definition) is 0. The molecule has 0 aromatic carbocycles.